The maximum Gasteiger partial charge on any atom is 0.223 e. The van der Waals surface area contributed by atoms with Gasteiger partial charge in [0.15, 0.2) is 0 Å². The van der Waals surface area contributed by atoms with Crippen molar-refractivity contribution in [2.24, 2.45) is 5.92 Å². The lowest BCUT2D eigenvalue weighted by atomic mass is 9.92. The van der Waals surface area contributed by atoms with E-state index in [1.807, 2.05) is 0 Å². The van der Waals surface area contributed by atoms with E-state index in [1.54, 1.807) is 11.3 Å². The first-order valence-electron chi connectivity index (χ1n) is 10.6. The van der Waals surface area contributed by atoms with Crippen LogP contribution in [0.2, 0.25) is 0 Å². The second-order valence-electron chi connectivity index (χ2n) is 8.33. The maximum atomic E-state index is 12.4. The highest BCUT2D eigenvalue weighted by molar-refractivity contribution is 7.07. The van der Waals surface area contributed by atoms with Crippen molar-refractivity contribution >= 4 is 17.2 Å². The number of likely N-dealkylation sites (tertiary alicyclic amines) is 2. The van der Waals surface area contributed by atoms with Crippen molar-refractivity contribution in [3.05, 3.63) is 22.4 Å². The maximum absolute atomic E-state index is 12.4. The van der Waals surface area contributed by atoms with E-state index in [4.69, 9.17) is 4.74 Å². The van der Waals surface area contributed by atoms with Gasteiger partial charge in [0.1, 0.15) is 0 Å². The summed E-state index contributed by atoms with van der Waals surface area (Å²) in [6.07, 6.45) is 7.00. The highest BCUT2D eigenvalue weighted by atomic mass is 32.1. The Kier molecular flexibility index (Phi) is 6.82. The number of piperidine rings is 2. The van der Waals surface area contributed by atoms with Crippen LogP contribution in [0.25, 0.3) is 0 Å². The molecular weight excluding hydrogens is 358 g/mol. The number of rotatable bonds is 6. The fourth-order valence-electron chi connectivity index (χ4n) is 4.77. The van der Waals surface area contributed by atoms with Gasteiger partial charge < -0.3 is 15.0 Å². The molecule has 0 bridgehead atoms. The zero-order valence-corrected chi connectivity index (χ0v) is 17.1. The lowest BCUT2D eigenvalue weighted by Gasteiger charge is -2.41. The van der Waals surface area contributed by atoms with Crippen LogP contribution >= 0.6 is 11.3 Å². The highest BCUT2D eigenvalue weighted by Gasteiger charge is 2.31. The quantitative estimate of drug-likeness (QED) is 0.810. The van der Waals surface area contributed by atoms with Gasteiger partial charge in [0.05, 0.1) is 6.10 Å². The Morgan fingerprint density at radius 2 is 1.96 bits per heavy atom. The number of ether oxygens (including phenoxy) is 1. The van der Waals surface area contributed by atoms with E-state index in [0.29, 0.717) is 12.6 Å². The summed E-state index contributed by atoms with van der Waals surface area (Å²) in [5.41, 5.74) is 1.45. The summed E-state index contributed by atoms with van der Waals surface area (Å²) >= 11 is 1.79. The van der Waals surface area contributed by atoms with Crippen molar-refractivity contribution in [1.29, 1.82) is 0 Å². The Bertz CT molecular complexity index is 572. The third-order valence-corrected chi connectivity index (χ3v) is 7.22. The summed E-state index contributed by atoms with van der Waals surface area (Å²) in [5.74, 6) is 0.442. The molecule has 0 radical (unpaired) electrons. The van der Waals surface area contributed by atoms with Gasteiger partial charge in [0.25, 0.3) is 0 Å². The molecule has 1 N–H and O–H groups in total. The molecule has 0 aliphatic carbocycles. The van der Waals surface area contributed by atoms with Gasteiger partial charge in [-0.25, -0.2) is 0 Å². The van der Waals surface area contributed by atoms with E-state index >= 15 is 0 Å². The number of amides is 1. The Labute approximate surface area is 167 Å². The summed E-state index contributed by atoms with van der Waals surface area (Å²) in [5, 5.41) is 7.56. The molecule has 4 rings (SSSR count). The van der Waals surface area contributed by atoms with Crippen molar-refractivity contribution in [3.8, 4) is 0 Å². The van der Waals surface area contributed by atoms with Crippen LogP contribution in [0.1, 0.15) is 44.1 Å². The second kappa shape index (κ2) is 9.50. The molecule has 1 aromatic heterocycles. The fraction of sp³-hybridized carbons (Fsp3) is 0.762. The van der Waals surface area contributed by atoms with Gasteiger partial charge in [0, 0.05) is 31.7 Å². The van der Waals surface area contributed by atoms with Crippen molar-refractivity contribution in [3.63, 3.8) is 0 Å². The zero-order valence-electron chi connectivity index (χ0n) is 16.3. The Morgan fingerprint density at radius 1 is 1.15 bits per heavy atom. The molecule has 3 saturated heterocycles. The summed E-state index contributed by atoms with van der Waals surface area (Å²) in [4.78, 5) is 17.7. The van der Waals surface area contributed by atoms with Gasteiger partial charge in [-0.2, -0.15) is 11.3 Å². The van der Waals surface area contributed by atoms with Crippen molar-refractivity contribution < 1.29 is 9.53 Å². The predicted octanol–water partition coefficient (Wildman–Crippen LogP) is 2.72. The Hall–Kier alpha value is -0.950. The zero-order chi connectivity index (χ0) is 18.5. The second-order valence-corrected chi connectivity index (χ2v) is 9.11. The molecule has 3 fully saturated rings. The van der Waals surface area contributed by atoms with Crippen LogP contribution < -0.4 is 5.32 Å². The molecule has 6 heteroatoms. The smallest absolute Gasteiger partial charge is 0.223 e. The Morgan fingerprint density at radius 3 is 2.63 bits per heavy atom. The monoisotopic (exact) mass is 391 g/mol. The summed E-state index contributed by atoms with van der Waals surface area (Å²) in [6, 6.07) is 2.95. The van der Waals surface area contributed by atoms with Gasteiger partial charge in [-0.15, -0.1) is 0 Å². The van der Waals surface area contributed by atoms with E-state index in [-0.39, 0.29) is 17.9 Å². The molecule has 4 heterocycles. The van der Waals surface area contributed by atoms with Gasteiger partial charge >= 0.3 is 0 Å². The molecule has 150 valence electrons. The highest BCUT2D eigenvalue weighted by Crippen LogP contribution is 2.25. The minimum Gasteiger partial charge on any atom is -0.376 e. The van der Waals surface area contributed by atoms with Gasteiger partial charge in [-0.05, 0) is 87.1 Å². The van der Waals surface area contributed by atoms with Crippen molar-refractivity contribution in [2.45, 2.75) is 57.2 Å². The number of hydrogen-bond acceptors (Lipinski definition) is 5. The molecule has 0 aromatic carbocycles. The number of carbonyl (C=O) groups is 1. The standard InChI is InChI=1S/C21H33N3O2S/c25-21(22-14-20-2-1-12-26-20)18-3-10-24(11-4-18)19-5-8-23(9-6-19)15-17-7-13-27-16-17/h7,13,16,18-20H,1-6,8-12,14-15H2,(H,22,25). The number of nitrogens with zero attached hydrogens (tertiary/aromatic N) is 2. The van der Waals surface area contributed by atoms with Crippen LogP contribution in [-0.4, -0.2) is 67.2 Å². The third-order valence-electron chi connectivity index (χ3n) is 6.49. The lowest BCUT2D eigenvalue weighted by molar-refractivity contribution is -0.127. The SMILES string of the molecule is O=C(NCC1CCCO1)C1CCN(C2CCN(Cc3ccsc3)CC2)CC1. The van der Waals surface area contributed by atoms with Crippen molar-refractivity contribution in [2.75, 3.05) is 39.3 Å². The first-order valence-corrected chi connectivity index (χ1v) is 11.6. The van der Waals surface area contributed by atoms with Crippen LogP contribution in [0.4, 0.5) is 0 Å². The molecule has 1 aromatic rings. The van der Waals surface area contributed by atoms with E-state index < -0.39 is 0 Å². The number of nitrogens with one attached hydrogen (secondary N) is 1. The summed E-state index contributed by atoms with van der Waals surface area (Å²) in [6.45, 7) is 7.20. The molecule has 1 amide bonds. The first-order chi connectivity index (χ1) is 13.3. The topological polar surface area (TPSA) is 44.8 Å². The molecule has 3 aliphatic rings. The molecule has 5 nitrogen and oxygen atoms in total. The van der Waals surface area contributed by atoms with Crippen LogP contribution in [-0.2, 0) is 16.1 Å². The molecule has 3 aliphatic heterocycles. The van der Waals surface area contributed by atoms with E-state index in [2.05, 4.69) is 31.9 Å². The number of hydrogen-bond donors (Lipinski definition) is 1. The molecule has 0 spiro atoms. The number of carbonyl (C=O) groups excluding carboxylic acids is 1. The van der Waals surface area contributed by atoms with Crippen LogP contribution in [0, 0.1) is 5.92 Å². The molecule has 1 unspecified atom stereocenters. The summed E-state index contributed by atoms with van der Waals surface area (Å²) < 4.78 is 5.60. The minimum absolute atomic E-state index is 0.196. The van der Waals surface area contributed by atoms with Crippen LogP contribution in [0.5, 0.6) is 0 Å². The molecule has 27 heavy (non-hydrogen) atoms. The fourth-order valence-corrected chi connectivity index (χ4v) is 5.43. The van der Waals surface area contributed by atoms with E-state index in [0.717, 1.165) is 51.9 Å². The average Bonchev–Trinajstić information content (AvgIpc) is 3.41. The minimum atomic E-state index is 0.196. The third kappa shape index (κ3) is 5.31. The molecular formula is C21H33N3O2S. The van der Waals surface area contributed by atoms with E-state index in [1.165, 1.54) is 31.5 Å². The van der Waals surface area contributed by atoms with Crippen LogP contribution in [0.15, 0.2) is 16.8 Å². The van der Waals surface area contributed by atoms with E-state index in [9.17, 15) is 4.79 Å². The summed E-state index contributed by atoms with van der Waals surface area (Å²) in [7, 11) is 0. The first kappa shape index (κ1) is 19.4. The van der Waals surface area contributed by atoms with Gasteiger partial charge in [0.2, 0.25) is 5.91 Å². The van der Waals surface area contributed by atoms with Crippen molar-refractivity contribution in [1.82, 2.24) is 15.1 Å². The Balaban J connectivity index is 1.14. The van der Waals surface area contributed by atoms with Gasteiger partial charge in [-0.3, -0.25) is 9.69 Å². The predicted molar refractivity (Wildman–Crippen MR) is 109 cm³/mol. The largest absolute Gasteiger partial charge is 0.376 e. The average molecular weight is 392 g/mol. The van der Waals surface area contributed by atoms with Crippen LogP contribution in [0.3, 0.4) is 0 Å². The van der Waals surface area contributed by atoms with Gasteiger partial charge in [-0.1, -0.05) is 0 Å². The molecule has 1 atom stereocenters. The normalized spacial score (nSPS) is 26.4. The lowest BCUT2D eigenvalue weighted by Crippen LogP contribution is -2.49. The molecule has 0 saturated carbocycles. The number of thiophene rings is 1.